The van der Waals surface area contributed by atoms with Crippen LogP contribution >= 0.6 is 0 Å². The Morgan fingerprint density at radius 2 is 2.27 bits per heavy atom. The Morgan fingerprint density at radius 1 is 1.57 bits per heavy atom. The van der Waals surface area contributed by atoms with Gasteiger partial charge < -0.3 is 19.7 Å². The van der Waals surface area contributed by atoms with Crippen LogP contribution in [0.2, 0.25) is 0 Å². The number of aryl methyl sites for hydroxylation is 1. The number of amides is 1. The van der Waals surface area contributed by atoms with Crippen molar-refractivity contribution in [2.45, 2.75) is 23.5 Å². The summed E-state index contributed by atoms with van der Waals surface area (Å²) in [5.74, 6) is -1.66. The second-order valence-electron chi connectivity index (χ2n) is 6.86. The van der Waals surface area contributed by atoms with Crippen molar-refractivity contribution in [2.24, 2.45) is 7.05 Å². The van der Waals surface area contributed by atoms with E-state index in [1.807, 2.05) is 0 Å². The highest BCUT2D eigenvalue weighted by Crippen LogP contribution is 2.35. The maximum Gasteiger partial charge on any atom is 0.276 e. The number of carbonyl (C=O) groups is 1. The van der Waals surface area contributed by atoms with Crippen molar-refractivity contribution < 1.29 is 27.4 Å². The molecule has 1 aromatic carbocycles. The zero-order chi connectivity index (χ0) is 22.3. The molecule has 11 heteroatoms. The van der Waals surface area contributed by atoms with E-state index >= 15 is 0 Å². The number of aliphatic hydroxyl groups is 1. The molecule has 0 aliphatic carbocycles. The summed E-state index contributed by atoms with van der Waals surface area (Å²) in [6.45, 7) is 4.66. The van der Waals surface area contributed by atoms with E-state index < -0.39 is 33.4 Å². The average molecular weight is 434 g/mol. The van der Waals surface area contributed by atoms with Gasteiger partial charge in [0.15, 0.2) is 11.4 Å². The van der Waals surface area contributed by atoms with Crippen LogP contribution in [0, 0.1) is 17.1 Å². The predicted molar refractivity (Wildman–Crippen MR) is 105 cm³/mol. The summed E-state index contributed by atoms with van der Waals surface area (Å²) in [5, 5.41) is 21.5. The van der Waals surface area contributed by atoms with Crippen molar-refractivity contribution in [3.05, 3.63) is 54.1 Å². The van der Waals surface area contributed by atoms with Crippen LogP contribution in [-0.2, 0) is 17.1 Å². The predicted octanol–water partition coefficient (Wildman–Crippen LogP) is 1.26. The van der Waals surface area contributed by atoms with Gasteiger partial charge in [-0.3, -0.25) is 4.79 Å². The molecule has 0 saturated carbocycles. The summed E-state index contributed by atoms with van der Waals surface area (Å²) in [5.41, 5.74) is -1.71. The van der Waals surface area contributed by atoms with Gasteiger partial charge in [0.1, 0.15) is 28.9 Å². The van der Waals surface area contributed by atoms with E-state index in [-0.39, 0.29) is 34.2 Å². The van der Waals surface area contributed by atoms with Gasteiger partial charge in [-0.1, -0.05) is 6.08 Å². The summed E-state index contributed by atoms with van der Waals surface area (Å²) >= 11 is 0. The number of aliphatic hydroxyl groups excluding tert-OH is 1. The van der Waals surface area contributed by atoms with Crippen molar-refractivity contribution in [3.8, 4) is 11.8 Å². The molecule has 0 fully saturated rings. The Bertz CT molecular complexity index is 1180. The van der Waals surface area contributed by atoms with Gasteiger partial charge in [0.05, 0.1) is 11.7 Å². The largest absolute Gasteiger partial charge is 0.487 e. The van der Waals surface area contributed by atoms with Crippen molar-refractivity contribution in [1.82, 2.24) is 9.29 Å². The van der Waals surface area contributed by atoms with Crippen LogP contribution in [0.5, 0.6) is 5.75 Å². The highest BCUT2D eigenvalue weighted by Gasteiger charge is 2.44. The maximum atomic E-state index is 13.5. The topological polar surface area (TPSA) is 133 Å². The molecule has 2 atom stereocenters. The van der Waals surface area contributed by atoms with Crippen LogP contribution in [0.15, 0.2) is 41.9 Å². The lowest BCUT2D eigenvalue weighted by Crippen LogP contribution is -2.56. The molecular formula is C19H19FN4O5S. The summed E-state index contributed by atoms with van der Waals surface area (Å²) in [6.07, 6.45) is 1.28. The molecule has 3 N–H and O–H groups in total. The number of nitrogens with zero attached hydrogens (tertiary/aromatic N) is 2. The van der Waals surface area contributed by atoms with Gasteiger partial charge in [0, 0.05) is 18.9 Å². The van der Waals surface area contributed by atoms with E-state index in [9.17, 15) is 22.7 Å². The molecule has 0 spiro atoms. The van der Waals surface area contributed by atoms with E-state index in [0.29, 0.717) is 0 Å². The molecular weight excluding hydrogens is 415 g/mol. The number of carbonyl (C=O) groups excluding carboxylic acids is 1. The fourth-order valence-electron chi connectivity index (χ4n) is 3.05. The number of aromatic nitrogens is 1. The summed E-state index contributed by atoms with van der Waals surface area (Å²) in [7, 11) is -2.71. The summed E-state index contributed by atoms with van der Waals surface area (Å²) in [4.78, 5) is 12.6. The summed E-state index contributed by atoms with van der Waals surface area (Å²) in [6, 6.07) is 5.13. The maximum absolute atomic E-state index is 13.5. The van der Waals surface area contributed by atoms with E-state index in [1.54, 1.807) is 6.07 Å². The third-order valence-electron chi connectivity index (χ3n) is 4.84. The van der Waals surface area contributed by atoms with Crippen molar-refractivity contribution in [2.75, 3.05) is 11.9 Å². The normalized spacial score (nSPS) is 20.8. The molecule has 158 valence electrons. The third kappa shape index (κ3) is 3.56. The molecule has 1 aromatic heterocycles. The minimum absolute atomic E-state index is 0.108. The first-order chi connectivity index (χ1) is 14.0. The lowest BCUT2D eigenvalue weighted by Gasteiger charge is -2.31. The standard InChI is InChI=1S/C19H19FN4O5S/c1-4-19(11(2)25)10-29-17-15(30(27,28)23-19)9-24(3)16(17)18(26)22-13-5-6-14(20)12(7-13)8-21/h4-7,9,11,23,25H,1,10H2,2-3H3,(H,22,26)/t11-,19+/m0/s1. The number of hydrogen-bond donors (Lipinski definition) is 3. The molecule has 9 nitrogen and oxygen atoms in total. The first-order valence-corrected chi connectivity index (χ1v) is 10.2. The van der Waals surface area contributed by atoms with Gasteiger partial charge in [-0.05, 0) is 25.1 Å². The molecule has 1 aliphatic heterocycles. The fourth-order valence-corrected chi connectivity index (χ4v) is 4.67. The first kappa shape index (κ1) is 21.5. The number of nitriles is 1. The fraction of sp³-hybridized carbons (Fsp3) is 0.263. The molecule has 1 amide bonds. The van der Waals surface area contributed by atoms with Gasteiger partial charge in [-0.2, -0.15) is 9.98 Å². The Hall–Kier alpha value is -3.20. The third-order valence-corrected chi connectivity index (χ3v) is 6.36. The van der Waals surface area contributed by atoms with Crippen LogP contribution in [0.25, 0.3) is 0 Å². The minimum Gasteiger partial charge on any atom is -0.487 e. The Morgan fingerprint density at radius 3 is 2.87 bits per heavy atom. The molecule has 2 aromatic rings. The van der Waals surface area contributed by atoms with Crippen molar-refractivity contribution in [3.63, 3.8) is 0 Å². The van der Waals surface area contributed by atoms with E-state index in [4.69, 9.17) is 10.00 Å². The monoisotopic (exact) mass is 434 g/mol. The highest BCUT2D eigenvalue weighted by atomic mass is 32.2. The number of halogens is 1. The van der Waals surface area contributed by atoms with E-state index in [0.717, 1.165) is 12.1 Å². The number of rotatable bonds is 4. The molecule has 0 saturated heterocycles. The van der Waals surface area contributed by atoms with Crippen LogP contribution < -0.4 is 14.8 Å². The number of benzene rings is 1. The highest BCUT2D eigenvalue weighted by molar-refractivity contribution is 7.89. The van der Waals surface area contributed by atoms with Crippen molar-refractivity contribution >= 4 is 21.6 Å². The molecule has 30 heavy (non-hydrogen) atoms. The smallest absolute Gasteiger partial charge is 0.276 e. The number of fused-ring (bicyclic) bond motifs is 1. The quantitative estimate of drug-likeness (QED) is 0.621. The van der Waals surface area contributed by atoms with E-state index in [2.05, 4.69) is 16.6 Å². The number of nitrogens with one attached hydrogen (secondary N) is 2. The number of sulfonamides is 1. The second-order valence-corrected chi connectivity index (χ2v) is 8.51. The Labute approximate surface area is 172 Å². The lowest BCUT2D eigenvalue weighted by atomic mass is 9.96. The Balaban J connectivity index is 2.03. The average Bonchev–Trinajstić information content (AvgIpc) is 2.98. The minimum atomic E-state index is -4.17. The van der Waals surface area contributed by atoms with Gasteiger partial charge in [-0.25, -0.2) is 12.8 Å². The molecule has 0 radical (unpaired) electrons. The molecule has 0 unspecified atom stereocenters. The zero-order valence-electron chi connectivity index (χ0n) is 16.1. The van der Waals surface area contributed by atoms with Gasteiger partial charge in [0.25, 0.3) is 5.91 Å². The molecule has 1 aliphatic rings. The second kappa shape index (κ2) is 7.56. The Kier molecular flexibility index (Phi) is 5.42. The SMILES string of the molecule is C=C[C@]1([C@H](C)O)COc2c(cn(C)c2C(=O)Nc2ccc(F)c(C#N)c2)S(=O)(=O)N1. The zero-order valence-corrected chi connectivity index (χ0v) is 17.0. The molecule has 0 bridgehead atoms. The van der Waals surface area contributed by atoms with Gasteiger partial charge in [0.2, 0.25) is 10.0 Å². The van der Waals surface area contributed by atoms with Crippen LogP contribution in [0.3, 0.4) is 0 Å². The number of hydrogen-bond acceptors (Lipinski definition) is 6. The number of anilines is 1. The number of ether oxygens (including phenoxy) is 1. The summed E-state index contributed by atoms with van der Waals surface area (Å²) < 4.78 is 48.6. The molecule has 3 rings (SSSR count). The first-order valence-electron chi connectivity index (χ1n) is 8.73. The van der Waals surface area contributed by atoms with Gasteiger partial charge in [-0.15, -0.1) is 6.58 Å². The van der Waals surface area contributed by atoms with Crippen LogP contribution in [0.4, 0.5) is 10.1 Å². The molecule has 2 heterocycles. The van der Waals surface area contributed by atoms with Crippen LogP contribution in [-0.4, -0.2) is 42.2 Å². The van der Waals surface area contributed by atoms with Crippen LogP contribution in [0.1, 0.15) is 23.0 Å². The van der Waals surface area contributed by atoms with E-state index in [1.165, 1.54) is 36.9 Å². The van der Waals surface area contributed by atoms with Gasteiger partial charge >= 0.3 is 0 Å². The van der Waals surface area contributed by atoms with Crippen molar-refractivity contribution in [1.29, 1.82) is 5.26 Å². The lowest BCUT2D eigenvalue weighted by molar-refractivity contribution is 0.0822.